The molecule has 0 fully saturated rings. The van der Waals surface area contributed by atoms with Gasteiger partial charge in [-0.05, 0) is 6.92 Å². The molecule has 0 bridgehead atoms. The molecule has 64 valence electrons. The highest BCUT2D eigenvalue weighted by Crippen LogP contribution is 1.95. The fourth-order valence-corrected chi connectivity index (χ4v) is 0.872. The minimum Gasteiger partial charge on any atom is -0.337 e. The van der Waals surface area contributed by atoms with Gasteiger partial charge in [-0.3, -0.25) is 5.32 Å². The van der Waals surface area contributed by atoms with Crippen molar-refractivity contribution in [1.29, 1.82) is 0 Å². The number of rotatable bonds is 3. The molecule has 1 unspecified atom stereocenters. The van der Waals surface area contributed by atoms with E-state index in [9.17, 15) is 0 Å². The van der Waals surface area contributed by atoms with Crippen molar-refractivity contribution in [3.8, 4) is 12.3 Å². The van der Waals surface area contributed by atoms with Crippen LogP contribution in [0.15, 0.2) is 12.5 Å². The van der Waals surface area contributed by atoms with Crippen molar-refractivity contribution in [3.63, 3.8) is 0 Å². The van der Waals surface area contributed by atoms with Gasteiger partial charge in [0.15, 0.2) is 0 Å². The van der Waals surface area contributed by atoms with Crippen molar-refractivity contribution < 1.29 is 0 Å². The molecule has 1 atom stereocenters. The van der Waals surface area contributed by atoms with Gasteiger partial charge in [0.25, 0.3) is 0 Å². The zero-order chi connectivity index (χ0) is 8.97. The molecule has 0 aliphatic rings. The number of nitrogens with one attached hydrogen (secondary N) is 1. The Kier molecular flexibility index (Phi) is 2.89. The molecule has 0 saturated heterocycles. The van der Waals surface area contributed by atoms with Gasteiger partial charge in [0.2, 0.25) is 0 Å². The van der Waals surface area contributed by atoms with Crippen molar-refractivity contribution >= 4 is 0 Å². The second-order valence-corrected chi connectivity index (χ2v) is 2.77. The SMILES string of the molecule is C#CC(C)NCc1cncn1C. The quantitative estimate of drug-likeness (QED) is 0.659. The van der Waals surface area contributed by atoms with E-state index in [1.807, 2.05) is 24.7 Å². The molecule has 0 aliphatic carbocycles. The molecule has 3 nitrogen and oxygen atoms in total. The lowest BCUT2D eigenvalue weighted by Crippen LogP contribution is -2.24. The van der Waals surface area contributed by atoms with E-state index < -0.39 is 0 Å². The molecule has 0 spiro atoms. The maximum absolute atomic E-state index is 5.21. The van der Waals surface area contributed by atoms with E-state index in [2.05, 4.69) is 16.2 Å². The van der Waals surface area contributed by atoms with Crippen LogP contribution in [0.2, 0.25) is 0 Å². The molecule has 0 radical (unpaired) electrons. The Morgan fingerprint density at radius 1 is 1.83 bits per heavy atom. The van der Waals surface area contributed by atoms with E-state index in [4.69, 9.17) is 6.42 Å². The van der Waals surface area contributed by atoms with E-state index in [0.29, 0.717) is 0 Å². The van der Waals surface area contributed by atoms with Gasteiger partial charge in [0, 0.05) is 19.8 Å². The zero-order valence-electron chi connectivity index (χ0n) is 7.41. The van der Waals surface area contributed by atoms with Gasteiger partial charge in [-0.25, -0.2) is 4.98 Å². The lowest BCUT2D eigenvalue weighted by atomic mass is 10.3. The summed E-state index contributed by atoms with van der Waals surface area (Å²) in [7, 11) is 1.96. The summed E-state index contributed by atoms with van der Waals surface area (Å²) in [4.78, 5) is 4.00. The topological polar surface area (TPSA) is 29.9 Å². The highest BCUT2D eigenvalue weighted by atomic mass is 15.0. The maximum Gasteiger partial charge on any atom is 0.0945 e. The van der Waals surface area contributed by atoms with Crippen LogP contribution >= 0.6 is 0 Å². The Morgan fingerprint density at radius 2 is 2.58 bits per heavy atom. The summed E-state index contributed by atoms with van der Waals surface area (Å²) in [6.07, 6.45) is 8.82. The van der Waals surface area contributed by atoms with Gasteiger partial charge >= 0.3 is 0 Å². The first kappa shape index (κ1) is 8.82. The molecule has 1 aromatic rings. The first-order valence-corrected chi connectivity index (χ1v) is 3.88. The Hall–Kier alpha value is -1.27. The van der Waals surface area contributed by atoms with Crippen molar-refractivity contribution in [2.75, 3.05) is 0 Å². The summed E-state index contributed by atoms with van der Waals surface area (Å²) in [6.45, 7) is 2.72. The Bertz CT molecular complexity index is 282. The van der Waals surface area contributed by atoms with Crippen molar-refractivity contribution in [3.05, 3.63) is 18.2 Å². The van der Waals surface area contributed by atoms with Gasteiger partial charge in [-0.2, -0.15) is 0 Å². The number of hydrogen-bond donors (Lipinski definition) is 1. The molecular weight excluding hydrogens is 150 g/mol. The Balaban J connectivity index is 2.44. The van der Waals surface area contributed by atoms with Gasteiger partial charge in [-0.15, -0.1) is 6.42 Å². The van der Waals surface area contributed by atoms with Crippen LogP contribution in [0, 0.1) is 12.3 Å². The smallest absolute Gasteiger partial charge is 0.0945 e. The number of aromatic nitrogens is 2. The number of nitrogens with zero attached hydrogens (tertiary/aromatic N) is 2. The van der Waals surface area contributed by atoms with Gasteiger partial charge in [0.1, 0.15) is 0 Å². The summed E-state index contributed by atoms with van der Waals surface area (Å²) in [5, 5.41) is 3.18. The molecule has 12 heavy (non-hydrogen) atoms. The maximum atomic E-state index is 5.21. The average molecular weight is 163 g/mol. The molecule has 1 aromatic heterocycles. The number of terminal acetylenes is 1. The predicted octanol–water partition coefficient (Wildman–Crippen LogP) is 0.531. The van der Waals surface area contributed by atoms with E-state index in [1.165, 1.54) is 0 Å². The Morgan fingerprint density at radius 3 is 3.08 bits per heavy atom. The summed E-state index contributed by atoms with van der Waals surface area (Å²) in [5.74, 6) is 2.61. The monoisotopic (exact) mass is 163 g/mol. The second-order valence-electron chi connectivity index (χ2n) is 2.77. The molecule has 0 aliphatic heterocycles. The van der Waals surface area contributed by atoms with Gasteiger partial charge < -0.3 is 4.57 Å². The zero-order valence-corrected chi connectivity index (χ0v) is 7.41. The van der Waals surface area contributed by atoms with Crippen LogP contribution in [-0.2, 0) is 13.6 Å². The highest BCUT2D eigenvalue weighted by Gasteiger charge is 1.99. The fraction of sp³-hybridized carbons (Fsp3) is 0.444. The molecule has 0 saturated carbocycles. The van der Waals surface area contributed by atoms with Crippen LogP contribution in [-0.4, -0.2) is 15.6 Å². The molecule has 1 heterocycles. The van der Waals surface area contributed by atoms with Crippen molar-refractivity contribution in [2.24, 2.45) is 7.05 Å². The van der Waals surface area contributed by atoms with Gasteiger partial charge in [0.05, 0.1) is 18.1 Å². The third-order valence-electron chi connectivity index (χ3n) is 1.76. The molecule has 1 N–H and O–H groups in total. The molecule has 0 aromatic carbocycles. The van der Waals surface area contributed by atoms with Crippen molar-refractivity contribution in [1.82, 2.24) is 14.9 Å². The predicted molar refractivity (Wildman–Crippen MR) is 48.3 cm³/mol. The normalized spacial score (nSPS) is 12.4. The second kappa shape index (κ2) is 3.93. The Labute approximate surface area is 72.8 Å². The third-order valence-corrected chi connectivity index (χ3v) is 1.76. The van der Waals surface area contributed by atoms with E-state index in [0.717, 1.165) is 12.2 Å². The molecule has 1 rings (SSSR count). The third kappa shape index (κ3) is 2.11. The van der Waals surface area contributed by atoms with Crippen molar-refractivity contribution in [2.45, 2.75) is 19.5 Å². The summed E-state index contributed by atoms with van der Waals surface area (Å²) in [6, 6.07) is 0.111. The van der Waals surface area contributed by atoms with Crippen LogP contribution in [0.5, 0.6) is 0 Å². The number of hydrogen-bond acceptors (Lipinski definition) is 2. The molecular formula is C9H13N3. The van der Waals surface area contributed by atoms with Crippen LogP contribution in [0.1, 0.15) is 12.6 Å². The highest BCUT2D eigenvalue weighted by molar-refractivity contribution is 5.01. The fourth-order valence-electron chi connectivity index (χ4n) is 0.872. The van der Waals surface area contributed by atoms with Gasteiger partial charge in [-0.1, -0.05) is 5.92 Å². The minimum absolute atomic E-state index is 0.111. The van der Waals surface area contributed by atoms with E-state index >= 15 is 0 Å². The molecule has 0 amide bonds. The standard InChI is InChI=1S/C9H13N3/c1-4-8(2)11-6-9-5-10-7-12(9)3/h1,5,7-8,11H,6H2,2-3H3. The lowest BCUT2D eigenvalue weighted by molar-refractivity contribution is 0.620. The van der Waals surface area contributed by atoms with Crippen LogP contribution in [0.25, 0.3) is 0 Å². The summed E-state index contributed by atoms with van der Waals surface area (Å²) < 4.78 is 1.97. The minimum atomic E-state index is 0.111. The van der Waals surface area contributed by atoms with Crippen LogP contribution < -0.4 is 5.32 Å². The first-order chi connectivity index (χ1) is 5.74. The average Bonchev–Trinajstić information content (AvgIpc) is 2.47. The van der Waals surface area contributed by atoms with E-state index in [1.54, 1.807) is 6.33 Å². The number of imidazole rings is 1. The van der Waals surface area contributed by atoms with Crippen LogP contribution in [0.3, 0.4) is 0 Å². The first-order valence-electron chi connectivity index (χ1n) is 3.88. The van der Waals surface area contributed by atoms with E-state index in [-0.39, 0.29) is 6.04 Å². The van der Waals surface area contributed by atoms with Crippen LogP contribution in [0.4, 0.5) is 0 Å². The summed E-state index contributed by atoms with van der Waals surface area (Å²) >= 11 is 0. The lowest BCUT2D eigenvalue weighted by Gasteiger charge is -2.06. The number of aryl methyl sites for hydroxylation is 1. The molecule has 3 heteroatoms. The summed E-state index contributed by atoms with van der Waals surface area (Å²) in [5.41, 5.74) is 1.14. The largest absolute Gasteiger partial charge is 0.337 e.